The quantitative estimate of drug-likeness (QED) is 0.768. The fourth-order valence-corrected chi connectivity index (χ4v) is 3.56. The summed E-state index contributed by atoms with van der Waals surface area (Å²) in [7, 11) is 1.63. The van der Waals surface area contributed by atoms with E-state index in [1.165, 1.54) is 4.88 Å². The van der Waals surface area contributed by atoms with Crippen molar-refractivity contribution in [2.75, 3.05) is 38.4 Å². The molecule has 1 unspecified atom stereocenters. The van der Waals surface area contributed by atoms with Gasteiger partial charge in [-0.1, -0.05) is 6.07 Å². The molecule has 0 saturated carbocycles. The molecule has 0 aliphatic carbocycles. The Hall–Kier alpha value is -2.25. The molecule has 26 heavy (non-hydrogen) atoms. The van der Waals surface area contributed by atoms with Gasteiger partial charge in [-0.2, -0.15) is 0 Å². The van der Waals surface area contributed by atoms with Crippen molar-refractivity contribution in [2.45, 2.75) is 19.5 Å². The molecule has 6 nitrogen and oxygen atoms in total. The highest BCUT2D eigenvalue weighted by molar-refractivity contribution is 7.09. The van der Waals surface area contributed by atoms with Crippen LogP contribution >= 0.6 is 11.3 Å². The molecule has 1 atom stereocenters. The van der Waals surface area contributed by atoms with Gasteiger partial charge in [0, 0.05) is 29.8 Å². The number of methoxy groups -OCH3 is 1. The highest BCUT2D eigenvalue weighted by Gasteiger charge is 2.18. The highest BCUT2D eigenvalue weighted by Crippen LogP contribution is 2.34. The van der Waals surface area contributed by atoms with Crippen LogP contribution in [-0.4, -0.2) is 45.4 Å². The van der Waals surface area contributed by atoms with E-state index in [1.807, 2.05) is 41.5 Å². The molecule has 2 heterocycles. The number of ether oxygens (including phenoxy) is 3. The maximum absolute atomic E-state index is 12.5. The van der Waals surface area contributed by atoms with Gasteiger partial charge in [-0.15, -0.1) is 11.3 Å². The molecule has 0 bridgehead atoms. The number of hydrogen-bond donors (Lipinski definition) is 1. The van der Waals surface area contributed by atoms with Gasteiger partial charge < -0.3 is 24.4 Å². The minimum absolute atomic E-state index is 0.0312. The second-order valence-corrected chi connectivity index (χ2v) is 7.22. The number of rotatable bonds is 8. The lowest BCUT2D eigenvalue weighted by Gasteiger charge is -2.26. The Balaban J connectivity index is 1.75. The molecule has 1 aliphatic rings. The zero-order valence-corrected chi connectivity index (χ0v) is 15.9. The standard InChI is InChI=1S/C19H24N2O4S/c1-14(13-23-2)20-19(22)12-21(11-16-4-3-9-26-16)15-5-6-17-18(10-15)25-8-7-24-17/h3-6,9-10,14H,7-8,11-13H2,1-2H3,(H,20,22). The molecule has 3 rings (SSSR count). The van der Waals surface area contributed by atoms with E-state index < -0.39 is 0 Å². The van der Waals surface area contributed by atoms with Gasteiger partial charge in [0.1, 0.15) is 13.2 Å². The smallest absolute Gasteiger partial charge is 0.239 e. The first-order valence-electron chi connectivity index (χ1n) is 8.61. The van der Waals surface area contributed by atoms with Gasteiger partial charge in [-0.05, 0) is 30.5 Å². The third-order valence-corrected chi connectivity index (χ3v) is 4.84. The SMILES string of the molecule is COCC(C)NC(=O)CN(Cc1cccs1)c1ccc2c(c1)OCCO2. The van der Waals surface area contributed by atoms with Crippen molar-refractivity contribution >= 4 is 22.9 Å². The minimum Gasteiger partial charge on any atom is -0.486 e. The van der Waals surface area contributed by atoms with Gasteiger partial charge in [0.05, 0.1) is 19.7 Å². The number of nitrogens with one attached hydrogen (secondary N) is 1. The van der Waals surface area contributed by atoms with Crippen LogP contribution in [0.2, 0.25) is 0 Å². The van der Waals surface area contributed by atoms with Gasteiger partial charge in [0.15, 0.2) is 11.5 Å². The van der Waals surface area contributed by atoms with E-state index in [4.69, 9.17) is 14.2 Å². The minimum atomic E-state index is -0.0407. The summed E-state index contributed by atoms with van der Waals surface area (Å²) in [6, 6.07) is 9.86. The van der Waals surface area contributed by atoms with Crippen LogP contribution in [0.25, 0.3) is 0 Å². The second-order valence-electron chi connectivity index (χ2n) is 6.19. The molecule has 1 amide bonds. The van der Waals surface area contributed by atoms with Crippen LogP contribution in [0, 0.1) is 0 Å². The topological polar surface area (TPSA) is 60.0 Å². The number of carbonyl (C=O) groups is 1. The first-order valence-corrected chi connectivity index (χ1v) is 9.49. The number of benzene rings is 1. The summed E-state index contributed by atoms with van der Waals surface area (Å²) in [4.78, 5) is 15.7. The van der Waals surface area contributed by atoms with Crippen LogP contribution in [-0.2, 0) is 16.1 Å². The lowest BCUT2D eigenvalue weighted by Crippen LogP contribution is -2.42. The summed E-state index contributed by atoms with van der Waals surface area (Å²) < 4.78 is 16.4. The summed E-state index contributed by atoms with van der Waals surface area (Å²) in [6.07, 6.45) is 0. The van der Waals surface area contributed by atoms with Gasteiger partial charge in [-0.3, -0.25) is 4.79 Å². The first kappa shape index (κ1) is 18.5. The van der Waals surface area contributed by atoms with Crippen LogP contribution in [0.4, 0.5) is 5.69 Å². The summed E-state index contributed by atoms with van der Waals surface area (Å²) in [6.45, 7) is 4.42. The van der Waals surface area contributed by atoms with Crippen LogP contribution in [0.5, 0.6) is 11.5 Å². The summed E-state index contributed by atoms with van der Waals surface area (Å²) >= 11 is 1.67. The molecular formula is C19H24N2O4S. The third-order valence-electron chi connectivity index (χ3n) is 3.98. The summed E-state index contributed by atoms with van der Waals surface area (Å²) in [5, 5.41) is 5.00. The van der Waals surface area contributed by atoms with E-state index >= 15 is 0 Å². The van der Waals surface area contributed by atoms with Crippen LogP contribution in [0.3, 0.4) is 0 Å². The number of fused-ring (bicyclic) bond motifs is 1. The van der Waals surface area contributed by atoms with E-state index in [-0.39, 0.29) is 18.5 Å². The number of anilines is 1. The summed E-state index contributed by atoms with van der Waals surface area (Å²) in [5.41, 5.74) is 0.928. The number of carbonyl (C=O) groups excluding carboxylic acids is 1. The monoisotopic (exact) mass is 376 g/mol. The zero-order valence-electron chi connectivity index (χ0n) is 15.1. The van der Waals surface area contributed by atoms with Crippen molar-refractivity contribution in [1.82, 2.24) is 5.32 Å². The molecule has 0 saturated heterocycles. The van der Waals surface area contributed by atoms with Crippen molar-refractivity contribution in [3.8, 4) is 11.5 Å². The van der Waals surface area contributed by atoms with Gasteiger partial charge >= 0.3 is 0 Å². The van der Waals surface area contributed by atoms with Gasteiger partial charge in [0.2, 0.25) is 5.91 Å². The predicted molar refractivity (Wildman–Crippen MR) is 102 cm³/mol. The van der Waals surface area contributed by atoms with Crippen LogP contribution in [0.1, 0.15) is 11.8 Å². The second kappa shape index (κ2) is 8.91. The molecule has 0 fully saturated rings. The Kier molecular flexibility index (Phi) is 6.35. The Morgan fingerprint density at radius 1 is 1.31 bits per heavy atom. The lowest BCUT2D eigenvalue weighted by atomic mass is 10.2. The van der Waals surface area contributed by atoms with E-state index in [0.29, 0.717) is 26.4 Å². The largest absolute Gasteiger partial charge is 0.486 e. The first-order chi connectivity index (χ1) is 12.7. The molecular weight excluding hydrogens is 352 g/mol. The average Bonchev–Trinajstić information content (AvgIpc) is 3.14. The molecule has 1 N–H and O–H groups in total. The Morgan fingerprint density at radius 2 is 2.12 bits per heavy atom. The molecule has 1 aromatic carbocycles. The van der Waals surface area contributed by atoms with Gasteiger partial charge in [0.25, 0.3) is 0 Å². The average molecular weight is 376 g/mol. The van der Waals surface area contributed by atoms with Gasteiger partial charge in [-0.25, -0.2) is 0 Å². The van der Waals surface area contributed by atoms with Crippen molar-refractivity contribution < 1.29 is 19.0 Å². The molecule has 1 aromatic heterocycles. The molecule has 1 aliphatic heterocycles. The van der Waals surface area contributed by atoms with Crippen molar-refractivity contribution in [1.29, 1.82) is 0 Å². The fraction of sp³-hybridized carbons (Fsp3) is 0.421. The predicted octanol–water partition coefficient (Wildman–Crippen LogP) is 2.68. The third kappa shape index (κ3) is 4.89. The highest BCUT2D eigenvalue weighted by atomic mass is 32.1. The Bertz CT molecular complexity index is 720. The maximum Gasteiger partial charge on any atom is 0.239 e. The zero-order chi connectivity index (χ0) is 18.4. The molecule has 0 spiro atoms. The summed E-state index contributed by atoms with van der Waals surface area (Å²) in [5.74, 6) is 1.42. The maximum atomic E-state index is 12.5. The number of nitrogens with zero attached hydrogens (tertiary/aromatic N) is 1. The van der Waals surface area contributed by atoms with E-state index in [1.54, 1.807) is 18.4 Å². The Morgan fingerprint density at radius 3 is 2.85 bits per heavy atom. The van der Waals surface area contributed by atoms with E-state index in [2.05, 4.69) is 11.4 Å². The normalized spacial score (nSPS) is 13.9. The molecule has 7 heteroatoms. The van der Waals surface area contributed by atoms with Crippen molar-refractivity contribution in [3.63, 3.8) is 0 Å². The number of thiophene rings is 1. The van der Waals surface area contributed by atoms with Crippen LogP contribution < -0.4 is 19.7 Å². The fourth-order valence-electron chi connectivity index (χ4n) is 2.84. The van der Waals surface area contributed by atoms with Crippen LogP contribution in [0.15, 0.2) is 35.7 Å². The number of hydrogen-bond acceptors (Lipinski definition) is 6. The lowest BCUT2D eigenvalue weighted by molar-refractivity contribution is -0.120. The molecule has 0 radical (unpaired) electrons. The van der Waals surface area contributed by atoms with E-state index in [0.717, 1.165) is 17.2 Å². The van der Waals surface area contributed by atoms with Crippen molar-refractivity contribution in [2.24, 2.45) is 0 Å². The van der Waals surface area contributed by atoms with Crippen molar-refractivity contribution in [3.05, 3.63) is 40.6 Å². The van der Waals surface area contributed by atoms with E-state index in [9.17, 15) is 4.79 Å². The number of amides is 1. The molecule has 140 valence electrons. The Labute approximate surface area is 157 Å². The molecule has 2 aromatic rings.